The molecule has 0 bridgehead atoms. The normalized spacial score (nSPS) is 10.3. The van der Waals surface area contributed by atoms with Gasteiger partial charge in [0.05, 0.1) is 0 Å². The second-order valence-electron chi connectivity index (χ2n) is 3.80. The second kappa shape index (κ2) is 6.07. The molecule has 0 radical (unpaired) electrons. The second-order valence-corrected chi connectivity index (χ2v) is 5.48. The Morgan fingerprint density at radius 2 is 1.50 bits per heavy atom. The number of thioether (sulfide) groups is 1. The summed E-state index contributed by atoms with van der Waals surface area (Å²) in [6, 6.07) is 15.3. The molecule has 0 aliphatic carbocycles. The van der Waals surface area contributed by atoms with Crippen molar-refractivity contribution < 1.29 is 4.79 Å². The summed E-state index contributed by atoms with van der Waals surface area (Å²) in [6.07, 6.45) is 0. The van der Waals surface area contributed by atoms with Crippen LogP contribution < -0.4 is 0 Å². The third kappa shape index (κ3) is 3.15. The Kier molecular flexibility index (Phi) is 4.45. The molecular weight excluding hydrogens is 264 g/mol. The summed E-state index contributed by atoms with van der Waals surface area (Å²) < 4.78 is 0. The molecule has 0 aromatic heterocycles. The average molecular weight is 277 g/mol. The van der Waals surface area contributed by atoms with Crippen molar-refractivity contribution in [3.8, 4) is 11.1 Å². The van der Waals surface area contributed by atoms with Crippen LogP contribution in [-0.4, -0.2) is 10.9 Å². The minimum Gasteiger partial charge on any atom is -0.282 e. The minimum atomic E-state index is 0.125. The number of halogens is 1. The molecule has 0 aliphatic heterocycles. The van der Waals surface area contributed by atoms with Crippen LogP contribution in [0.5, 0.6) is 0 Å². The maximum absolute atomic E-state index is 11.7. The Hall–Kier alpha value is -1.25. The number of hydrogen-bond acceptors (Lipinski definition) is 2. The minimum absolute atomic E-state index is 0.125. The van der Waals surface area contributed by atoms with Gasteiger partial charge in [0.25, 0.3) is 0 Å². The number of rotatable bonds is 3. The fourth-order valence-corrected chi connectivity index (χ4v) is 2.35. The fourth-order valence-electron chi connectivity index (χ4n) is 1.66. The predicted octanol–water partition coefficient (Wildman–Crippen LogP) is 4.90. The molecule has 0 atom stereocenters. The lowest BCUT2D eigenvalue weighted by Gasteiger charge is -2.03. The first kappa shape index (κ1) is 13.2. The van der Waals surface area contributed by atoms with Gasteiger partial charge in [-0.15, -0.1) is 0 Å². The lowest BCUT2D eigenvalue weighted by atomic mass is 10.0. The van der Waals surface area contributed by atoms with E-state index in [1.165, 1.54) is 11.8 Å². The third-order valence-electron chi connectivity index (χ3n) is 2.57. The summed E-state index contributed by atoms with van der Waals surface area (Å²) in [4.78, 5) is 11.7. The Morgan fingerprint density at radius 1 is 1.00 bits per heavy atom. The van der Waals surface area contributed by atoms with Gasteiger partial charge in [-0.25, -0.2) is 0 Å². The van der Waals surface area contributed by atoms with Crippen molar-refractivity contribution in [3.05, 3.63) is 59.1 Å². The van der Waals surface area contributed by atoms with E-state index < -0.39 is 0 Å². The van der Waals surface area contributed by atoms with Crippen LogP contribution in [0.25, 0.3) is 11.1 Å². The zero-order valence-corrected chi connectivity index (χ0v) is 11.6. The molecule has 0 heterocycles. The van der Waals surface area contributed by atoms with Crippen molar-refractivity contribution >= 4 is 28.5 Å². The van der Waals surface area contributed by atoms with Crippen LogP contribution in [0.4, 0.5) is 0 Å². The smallest absolute Gasteiger partial charge is 0.219 e. The number of carbonyl (C=O) groups is 1. The summed E-state index contributed by atoms with van der Waals surface area (Å²) in [7, 11) is 0. The largest absolute Gasteiger partial charge is 0.282 e. The topological polar surface area (TPSA) is 17.1 Å². The maximum Gasteiger partial charge on any atom is 0.219 e. The molecule has 0 fully saturated rings. The molecule has 2 rings (SSSR count). The molecule has 18 heavy (non-hydrogen) atoms. The summed E-state index contributed by atoms with van der Waals surface area (Å²) in [5.41, 5.74) is 2.94. The van der Waals surface area contributed by atoms with Crippen LogP contribution in [-0.2, 0) is 0 Å². The SMILES string of the molecule is CCSC(=O)c1ccc(-c2ccc(Cl)cc2)cc1. The summed E-state index contributed by atoms with van der Waals surface area (Å²) in [6.45, 7) is 1.98. The van der Waals surface area contributed by atoms with E-state index in [4.69, 9.17) is 11.6 Å². The molecule has 0 unspecified atom stereocenters. The zero-order valence-electron chi connectivity index (χ0n) is 10.0. The Bertz CT molecular complexity index is 531. The molecule has 0 saturated heterocycles. The highest BCUT2D eigenvalue weighted by Gasteiger charge is 2.05. The first-order chi connectivity index (χ1) is 8.70. The van der Waals surface area contributed by atoms with Crippen LogP contribution in [0.3, 0.4) is 0 Å². The lowest BCUT2D eigenvalue weighted by Crippen LogP contribution is -1.93. The Balaban J connectivity index is 2.22. The highest BCUT2D eigenvalue weighted by molar-refractivity contribution is 8.14. The van der Waals surface area contributed by atoms with Gasteiger partial charge < -0.3 is 0 Å². The van der Waals surface area contributed by atoms with Crippen molar-refractivity contribution in [2.75, 3.05) is 5.75 Å². The Morgan fingerprint density at radius 3 is 2.00 bits per heavy atom. The molecule has 0 N–H and O–H groups in total. The third-order valence-corrected chi connectivity index (χ3v) is 3.61. The van der Waals surface area contributed by atoms with E-state index in [1.54, 1.807) is 0 Å². The number of hydrogen-bond donors (Lipinski definition) is 0. The van der Waals surface area contributed by atoms with Gasteiger partial charge in [-0.1, -0.05) is 54.6 Å². The molecular formula is C15H13ClOS. The summed E-state index contributed by atoms with van der Waals surface area (Å²) in [5, 5.41) is 0.852. The van der Waals surface area contributed by atoms with Crippen LogP contribution in [0.2, 0.25) is 5.02 Å². The van der Waals surface area contributed by atoms with Gasteiger partial charge >= 0.3 is 0 Å². The standard InChI is InChI=1S/C15H13ClOS/c1-2-18-15(17)13-5-3-11(4-6-13)12-7-9-14(16)10-8-12/h3-10H,2H2,1H3. The fraction of sp³-hybridized carbons (Fsp3) is 0.133. The maximum atomic E-state index is 11.7. The molecule has 92 valence electrons. The average Bonchev–Trinajstić information content (AvgIpc) is 2.40. The van der Waals surface area contributed by atoms with Gasteiger partial charge in [0.15, 0.2) is 0 Å². The van der Waals surface area contributed by atoms with E-state index in [-0.39, 0.29) is 5.12 Å². The van der Waals surface area contributed by atoms with E-state index in [1.807, 2.05) is 55.5 Å². The molecule has 2 aromatic carbocycles. The van der Waals surface area contributed by atoms with Crippen LogP contribution in [0, 0.1) is 0 Å². The first-order valence-corrected chi connectivity index (χ1v) is 7.10. The van der Waals surface area contributed by atoms with Crippen LogP contribution in [0.1, 0.15) is 17.3 Å². The van der Waals surface area contributed by atoms with Gasteiger partial charge in [-0.05, 0) is 41.1 Å². The molecule has 2 aromatic rings. The van der Waals surface area contributed by atoms with Crippen LogP contribution in [0.15, 0.2) is 48.5 Å². The number of carbonyl (C=O) groups excluding carboxylic acids is 1. The molecule has 0 saturated carbocycles. The predicted molar refractivity (Wildman–Crippen MR) is 79.4 cm³/mol. The van der Waals surface area contributed by atoms with Crippen LogP contribution >= 0.6 is 23.4 Å². The van der Waals surface area contributed by atoms with E-state index >= 15 is 0 Å². The van der Waals surface area contributed by atoms with Crippen molar-refractivity contribution in [2.24, 2.45) is 0 Å². The zero-order chi connectivity index (χ0) is 13.0. The van der Waals surface area contributed by atoms with Gasteiger partial charge in [-0.2, -0.15) is 0 Å². The lowest BCUT2D eigenvalue weighted by molar-refractivity contribution is 0.108. The first-order valence-electron chi connectivity index (χ1n) is 5.74. The molecule has 0 spiro atoms. The van der Waals surface area contributed by atoms with Gasteiger partial charge in [-0.3, -0.25) is 4.79 Å². The van der Waals surface area contributed by atoms with Gasteiger partial charge in [0, 0.05) is 10.6 Å². The van der Waals surface area contributed by atoms with Gasteiger partial charge in [0.2, 0.25) is 5.12 Å². The van der Waals surface area contributed by atoms with Crippen molar-refractivity contribution in [2.45, 2.75) is 6.92 Å². The molecule has 0 aliphatic rings. The quantitative estimate of drug-likeness (QED) is 0.793. The molecule has 3 heteroatoms. The van der Waals surface area contributed by atoms with E-state index in [2.05, 4.69) is 0 Å². The number of benzene rings is 2. The van der Waals surface area contributed by atoms with E-state index in [9.17, 15) is 4.79 Å². The summed E-state index contributed by atoms with van der Waals surface area (Å²) in [5.74, 6) is 0.803. The highest BCUT2D eigenvalue weighted by Crippen LogP contribution is 2.23. The van der Waals surface area contributed by atoms with E-state index in [0.717, 1.165) is 27.5 Å². The highest BCUT2D eigenvalue weighted by atomic mass is 35.5. The monoisotopic (exact) mass is 276 g/mol. The Labute approximate surface area is 116 Å². The van der Waals surface area contributed by atoms with Crippen molar-refractivity contribution in [3.63, 3.8) is 0 Å². The van der Waals surface area contributed by atoms with Crippen molar-refractivity contribution in [1.82, 2.24) is 0 Å². The van der Waals surface area contributed by atoms with Crippen molar-refractivity contribution in [1.29, 1.82) is 0 Å². The van der Waals surface area contributed by atoms with Gasteiger partial charge in [0.1, 0.15) is 0 Å². The summed E-state index contributed by atoms with van der Waals surface area (Å²) >= 11 is 7.18. The molecule has 0 amide bonds. The molecule has 1 nitrogen and oxygen atoms in total. The van der Waals surface area contributed by atoms with E-state index in [0.29, 0.717) is 0 Å².